The van der Waals surface area contributed by atoms with Crippen molar-refractivity contribution in [3.8, 4) is 0 Å². The molecule has 0 aromatic carbocycles. The zero-order valence-electron chi connectivity index (χ0n) is 8.18. The SMILES string of the molecule is O=C(N1CCC2CCNCC21)C(F)(F)F. The minimum atomic E-state index is -4.73. The molecule has 0 aliphatic carbocycles. The highest BCUT2D eigenvalue weighted by atomic mass is 19.4. The number of hydrogen-bond acceptors (Lipinski definition) is 2. The smallest absolute Gasteiger partial charge is 0.330 e. The van der Waals surface area contributed by atoms with E-state index in [-0.39, 0.29) is 18.5 Å². The van der Waals surface area contributed by atoms with Crippen LogP contribution in [0.1, 0.15) is 12.8 Å². The van der Waals surface area contributed by atoms with Crippen molar-refractivity contribution < 1.29 is 18.0 Å². The molecule has 0 aromatic rings. The molecule has 1 amide bonds. The molecule has 2 atom stereocenters. The Morgan fingerprint density at radius 1 is 1.33 bits per heavy atom. The van der Waals surface area contributed by atoms with Crippen LogP contribution in [-0.4, -0.2) is 42.7 Å². The fourth-order valence-electron chi connectivity index (χ4n) is 2.48. The number of nitrogens with one attached hydrogen (secondary N) is 1. The average Bonchev–Trinajstić information content (AvgIpc) is 2.58. The van der Waals surface area contributed by atoms with E-state index in [1.54, 1.807) is 0 Å². The summed E-state index contributed by atoms with van der Waals surface area (Å²) in [5, 5.41) is 3.03. The van der Waals surface area contributed by atoms with Gasteiger partial charge in [-0.05, 0) is 25.3 Å². The molecular weight excluding hydrogens is 209 g/mol. The number of fused-ring (bicyclic) bond motifs is 1. The van der Waals surface area contributed by atoms with E-state index in [0.29, 0.717) is 13.0 Å². The first kappa shape index (κ1) is 10.7. The Balaban J connectivity index is 2.08. The zero-order chi connectivity index (χ0) is 11.1. The fourth-order valence-corrected chi connectivity index (χ4v) is 2.48. The fraction of sp³-hybridized carbons (Fsp3) is 0.889. The second-order valence-corrected chi connectivity index (χ2v) is 4.11. The molecule has 2 heterocycles. The van der Waals surface area contributed by atoms with E-state index in [1.165, 1.54) is 0 Å². The minimum Gasteiger partial charge on any atom is -0.330 e. The number of alkyl halides is 3. The van der Waals surface area contributed by atoms with Gasteiger partial charge in [0, 0.05) is 19.1 Å². The normalized spacial score (nSPS) is 31.5. The molecule has 2 rings (SSSR count). The predicted octanol–water partition coefficient (Wildman–Crippen LogP) is 0.759. The molecule has 3 nitrogen and oxygen atoms in total. The molecule has 1 N–H and O–H groups in total. The van der Waals surface area contributed by atoms with E-state index in [4.69, 9.17) is 0 Å². The summed E-state index contributed by atoms with van der Waals surface area (Å²) in [5.74, 6) is -1.43. The van der Waals surface area contributed by atoms with Gasteiger partial charge < -0.3 is 10.2 Å². The monoisotopic (exact) mass is 222 g/mol. The van der Waals surface area contributed by atoms with E-state index in [1.807, 2.05) is 0 Å². The zero-order valence-corrected chi connectivity index (χ0v) is 8.18. The minimum absolute atomic E-state index is 0.245. The van der Waals surface area contributed by atoms with Gasteiger partial charge in [0.25, 0.3) is 0 Å². The number of hydrogen-bond donors (Lipinski definition) is 1. The number of rotatable bonds is 0. The van der Waals surface area contributed by atoms with Gasteiger partial charge >= 0.3 is 12.1 Å². The summed E-state index contributed by atoms with van der Waals surface area (Å²) >= 11 is 0. The summed E-state index contributed by atoms with van der Waals surface area (Å²) in [5.41, 5.74) is 0. The standard InChI is InChI=1S/C9H13F3N2O/c10-9(11,12)8(15)14-4-2-6-1-3-13-5-7(6)14/h6-7,13H,1-5H2. The van der Waals surface area contributed by atoms with Crippen LogP contribution in [0.5, 0.6) is 0 Å². The third-order valence-corrected chi connectivity index (χ3v) is 3.23. The Morgan fingerprint density at radius 2 is 2.07 bits per heavy atom. The molecule has 0 radical (unpaired) electrons. The van der Waals surface area contributed by atoms with Gasteiger partial charge in [0.15, 0.2) is 0 Å². The van der Waals surface area contributed by atoms with Crippen LogP contribution in [0.4, 0.5) is 13.2 Å². The number of amides is 1. The maximum atomic E-state index is 12.2. The van der Waals surface area contributed by atoms with Crippen molar-refractivity contribution in [2.75, 3.05) is 19.6 Å². The lowest BCUT2D eigenvalue weighted by Gasteiger charge is -2.32. The first-order valence-electron chi connectivity index (χ1n) is 5.08. The van der Waals surface area contributed by atoms with Gasteiger partial charge in [0.1, 0.15) is 0 Å². The molecule has 2 saturated heterocycles. The highest BCUT2D eigenvalue weighted by Gasteiger charge is 2.48. The van der Waals surface area contributed by atoms with Crippen molar-refractivity contribution in [1.82, 2.24) is 10.2 Å². The van der Waals surface area contributed by atoms with Crippen LogP contribution in [-0.2, 0) is 4.79 Å². The third kappa shape index (κ3) is 1.95. The Bertz CT molecular complexity index is 267. The van der Waals surface area contributed by atoms with Crippen LogP contribution in [0.25, 0.3) is 0 Å². The van der Waals surface area contributed by atoms with Crippen LogP contribution < -0.4 is 5.32 Å². The number of carbonyl (C=O) groups is 1. The first-order valence-corrected chi connectivity index (χ1v) is 5.08. The number of piperidine rings is 1. The maximum absolute atomic E-state index is 12.2. The highest BCUT2D eigenvalue weighted by Crippen LogP contribution is 2.32. The molecule has 2 unspecified atom stereocenters. The lowest BCUT2D eigenvalue weighted by Crippen LogP contribution is -2.51. The maximum Gasteiger partial charge on any atom is 0.471 e. The largest absolute Gasteiger partial charge is 0.471 e. The van der Waals surface area contributed by atoms with Crippen molar-refractivity contribution in [1.29, 1.82) is 0 Å². The highest BCUT2D eigenvalue weighted by molar-refractivity contribution is 5.82. The van der Waals surface area contributed by atoms with Gasteiger partial charge in [-0.15, -0.1) is 0 Å². The second kappa shape index (κ2) is 3.66. The average molecular weight is 222 g/mol. The van der Waals surface area contributed by atoms with E-state index in [0.717, 1.165) is 17.9 Å². The predicted molar refractivity (Wildman–Crippen MR) is 47.1 cm³/mol. The number of halogens is 3. The number of likely N-dealkylation sites (tertiary alicyclic amines) is 1. The van der Waals surface area contributed by atoms with Crippen molar-refractivity contribution >= 4 is 5.91 Å². The van der Waals surface area contributed by atoms with Gasteiger partial charge in [-0.2, -0.15) is 13.2 Å². The van der Waals surface area contributed by atoms with Crippen molar-refractivity contribution in [3.05, 3.63) is 0 Å². The molecule has 0 bridgehead atoms. The van der Waals surface area contributed by atoms with Gasteiger partial charge in [-0.25, -0.2) is 0 Å². The Labute approximate surface area is 85.6 Å². The van der Waals surface area contributed by atoms with Crippen LogP contribution in [0.15, 0.2) is 0 Å². The van der Waals surface area contributed by atoms with E-state index >= 15 is 0 Å². The summed E-state index contributed by atoms with van der Waals surface area (Å²) < 4.78 is 36.7. The Morgan fingerprint density at radius 3 is 2.73 bits per heavy atom. The molecule has 6 heteroatoms. The Kier molecular flexibility index (Phi) is 2.62. The Hall–Kier alpha value is -0.780. The van der Waals surface area contributed by atoms with Crippen LogP contribution in [0.3, 0.4) is 0 Å². The van der Waals surface area contributed by atoms with Crippen molar-refractivity contribution in [2.45, 2.75) is 25.1 Å². The second-order valence-electron chi connectivity index (χ2n) is 4.11. The molecule has 15 heavy (non-hydrogen) atoms. The number of nitrogens with zero attached hydrogens (tertiary/aromatic N) is 1. The van der Waals surface area contributed by atoms with Crippen LogP contribution in [0, 0.1) is 5.92 Å². The summed E-state index contributed by atoms with van der Waals surface area (Å²) in [6.07, 6.45) is -3.16. The van der Waals surface area contributed by atoms with E-state index < -0.39 is 12.1 Å². The van der Waals surface area contributed by atoms with Crippen molar-refractivity contribution in [2.24, 2.45) is 5.92 Å². The van der Waals surface area contributed by atoms with Crippen molar-refractivity contribution in [3.63, 3.8) is 0 Å². The van der Waals surface area contributed by atoms with Crippen LogP contribution in [0.2, 0.25) is 0 Å². The molecule has 0 spiro atoms. The van der Waals surface area contributed by atoms with Gasteiger partial charge in [0.2, 0.25) is 0 Å². The first-order chi connectivity index (χ1) is 7.00. The van der Waals surface area contributed by atoms with E-state index in [2.05, 4.69) is 5.32 Å². The molecule has 0 saturated carbocycles. The molecule has 2 aliphatic heterocycles. The quantitative estimate of drug-likeness (QED) is 0.656. The van der Waals surface area contributed by atoms with E-state index in [9.17, 15) is 18.0 Å². The van der Waals surface area contributed by atoms with Gasteiger partial charge in [0.05, 0.1) is 0 Å². The summed E-state index contributed by atoms with van der Waals surface area (Å²) in [7, 11) is 0. The number of carbonyl (C=O) groups excluding carboxylic acids is 1. The molecule has 86 valence electrons. The summed E-state index contributed by atoms with van der Waals surface area (Å²) in [6.45, 7) is 1.58. The van der Waals surface area contributed by atoms with Gasteiger partial charge in [-0.1, -0.05) is 0 Å². The van der Waals surface area contributed by atoms with Gasteiger partial charge in [-0.3, -0.25) is 4.79 Å². The topological polar surface area (TPSA) is 32.3 Å². The molecule has 2 fully saturated rings. The molecule has 2 aliphatic rings. The molecular formula is C9H13F3N2O. The molecule has 0 aromatic heterocycles. The third-order valence-electron chi connectivity index (χ3n) is 3.23. The lowest BCUT2D eigenvalue weighted by molar-refractivity contribution is -0.186. The summed E-state index contributed by atoms with van der Waals surface area (Å²) in [6, 6.07) is -0.257. The lowest BCUT2D eigenvalue weighted by atomic mass is 9.93. The summed E-state index contributed by atoms with van der Waals surface area (Å²) in [4.78, 5) is 12.1. The van der Waals surface area contributed by atoms with Crippen LogP contribution >= 0.6 is 0 Å².